The van der Waals surface area contributed by atoms with Crippen molar-refractivity contribution in [2.24, 2.45) is 5.92 Å². The number of sulfone groups is 1. The van der Waals surface area contributed by atoms with E-state index in [-0.39, 0.29) is 6.04 Å². The molecule has 2 aliphatic heterocycles. The van der Waals surface area contributed by atoms with Gasteiger partial charge in [-0.1, -0.05) is 6.92 Å². The van der Waals surface area contributed by atoms with Gasteiger partial charge in [-0.15, -0.1) is 0 Å². The van der Waals surface area contributed by atoms with Gasteiger partial charge >= 0.3 is 0 Å². The zero-order valence-corrected chi connectivity index (χ0v) is 13.5. The molecule has 0 aromatic rings. The molecule has 0 aliphatic carbocycles. The van der Waals surface area contributed by atoms with Gasteiger partial charge in [-0.25, -0.2) is 8.42 Å². The first-order chi connectivity index (χ1) is 9.52. The summed E-state index contributed by atoms with van der Waals surface area (Å²) >= 11 is 0. The molecule has 20 heavy (non-hydrogen) atoms. The van der Waals surface area contributed by atoms with E-state index in [2.05, 4.69) is 24.2 Å². The summed E-state index contributed by atoms with van der Waals surface area (Å²) in [6.07, 6.45) is 2.97. The van der Waals surface area contributed by atoms with Gasteiger partial charge in [-0.3, -0.25) is 0 Å². The highest BCUT2D eigenvalue weighted by Gasteiger charge is 2.33. The van der Waals surface area contributed by atoms with E-state index >= 15 is 0 Å². The Labute approximate surface area is 123 Å². The summed E-state index contributed by atoms with van der Waals surface area (Å²) in [5.74, 6) is 1.13. The Balaban J connectivity index is 1.86. The third-order valence-corrected chi connectivity index (χ3v) is 6.24. The molecule has 2 saturated heterocycles. The smallest absolute Gasteiger partial charge is 0.151 e. The van der Waals surface area contributed by atoms with Crippen LogP contribution in [0.3, 0.4) is 0 Å². The van der Waals surface area contributed by atoms with E-state index in [1.165, 1.54) is 0 Å². The van der Waals surface area contributed by atoms with E-state index in [1.807, 2.05) is 0 Å². The molecule has 2 aliphatic rings. The molecule has 0 bridgehead atoms. The molecule has 1 N–H and O–H groups in total. The second-order valence-electron chi connectivity index (χ2n) is 6.18. The van der Waals surface area contributed by atoms with E-state index < -0.39 is 9.84 Å². The highest BCUT2D eigenvalue weighted by atomic mass is 32.2. The molecule has 118 valence electrons. The fraction of sp³-hybridized carbons (Fsp3) is 1.00. The van der Waals surface area contributed by atoms with Gasteiger partial charge in [0.1, 0.15) is 0 Å². The van der Waals surface area contributed by atoms with Crippen molar-refractivity contribution in [3.63, 3.8) is 0 Å². The van der Waals surface area contributed by atoms with Crippen LogP contribution in [0.25, 0.3) is 0 Å². The lowest BCUT2D eigenvalue weighted by atomic mass is 9.94. The molecular formula is C14H28N2O3S. The van der Waals surface area contributed by atoms with Crippen molar-refractivity contribution in [2.45, 2.75) is 38.3 Å². The topological polar surface area (TPSA) is 58.6 Å². The van der Waals surface area contributed by atoms with Crippen LogP contribution < -0.4 is 5.32 Å². The molecule has 2 rings (SSSR count). The first-order valence-corrected chi connectivity index (χ1v) is 9.55. The number of nitrogens with zero attached hydrogens (tertiary/aromatic N) is 1. The fourth-order valence-electron chi connectivity index (χ4n) is 3.22. The molecule has 0 spiro atoms. The Morgan fingerprint density at radius 1 is 1.35 bits per heavy atom. The SMILES string of the molecule is CCCNC1CCOCC1CN(C)C1CCS(=O)(=O)C1. The minimum Gasteiger partial charge on any atom is -0.381 e. The Kier molecular flexibility index (Phi) is 5.84. The standard InChI is InChI=1S/C14H28N2O3S/c1-3-6-15-14-4-7-19-10-12(14)9-16(2)13-5-8-20(17,18)11-13/h12-15H,3-11H2,1-2H3. The van der Waals surface area contributed by atoms with Crippen molar-refractivity contribution >= 4 is 9.84 Å². The summed E-state index contributed by atoms with van der Waals surface area (Å²) < 4.78 is 28.8. The maximum atomic E-state index is 11.6. The normalized spacial score (nSPS) is 33.6. The van der Waals surface area contributed by atoms with Gasteiger partial charge in [0.2, 0.25) is 0 Å². The second kappa shape index (κ2) is 7.20. The molecular weight excluding hydrogens is 276 g/mol. The number of hydrogen-bond acceptors (Lipinski definition) is 5. The molecule has 2 heterocycles. The summed E-state index contributed by atoms with van der Waals surface area (Å²) in [5, 5.41) is 3.61. The molecule has 0 radical (unpaired) electrons. The van der Waals surface area contributed by atoms with Crippen molar-refractivity contribution in [1.82, 2.24) is 10.2 Å². The van der Waals surface area contributed by atoms with E-state index in [1.54, 1.807) is 0 Å². The maximum absolute atomic E-state index is 11.6. The monoisotopic (exact) mass is 304 g/mol. The minimum atomic E-state index is -2.80. The van der Waals surface area contributed by atoms with Gasteiger partial charge in [0.15, 0.2) is 9.84 Å². The summed E-state index contributed by atoms with van der Waals surface area (Å²) in [6.45, 7) is 5.76. The van der Waals surface area contributed by atoms with E-state index in [0.29, 0.717) is 23.5 Å². The third-order valence-electron chi connectivity index (χ3n) is 4.48. The fourth-order valence-corrected chi connectivity index (χ4v) is 5.02. The average Bonchev–Trinajstić information content (AvgIpc) is 2.78. The van der Waals surface area contributed by atoms with Crippen LogP contribution in [0.4, 0.5) is 0 Å². The van der Waals surface area contributed by atoms with Crippen molar-refractivity contribution < 1.29 is 13.2 Å². The Bertz CT molecular complexity index is 399. The predicted molar refractivity (Wildman–Crippen MR) is 80.7 cm³/mol. The Hall–Kier alpha value is -0.170. The molecule has 3 unspecified atom stereocenters. The van der Waals surface area contributed by atoms with E-state index in [9.17, 15) is 8.42 Å². The first kappa shape index (κ1) is 16.2. The predicted octanol–water partition coefficient (Wildman–Crippen LogP) is 0.510. The number of nitrogens with one attached hydrogen (secondary N) is 1. The van der Waals surface area contributed by atoms with Crippen LogP contribution in [-0.4, -0.2) is 70.3 Å². The number of rotatable bonds is 6. The Morgan fingerprint density at radius 3 is 2.80 bits per heavy atom. The molecule has 2 fully saturated rings. The summed E-state index contributed by atoms with van der Waals surface area (Å²) in [4.78, 5) is 2.23. The van der Waals surface area contributed by atoms with Gasteiger partial charge in [0.05, 0.1) is 18.1 Å². The summed E-state index contributed by atoms with van der Waals surface area (Å²) in [7, 11) is -0.745. The van der Waals surface area contributed by atoms with Crippen LogP contribution in [-0.2, 0) is 14.6 Å². The molecule has 0 aromatic heterocycles. The molecule has 0 aromatic carbocycles. The molecule has 0 saturated carbocycles. The minimum absolute atomic E-state index is 0.189. The van der Waals surface area contributed by atoms with Crippen LogP contribution >= 0.6 is 0 Å². The quantitative estimate of drug-likeness (QED) is 0.775. The lowest BCUT2D eigenvalue weighted by Crippen LogP contribution is -2.49. The zero-order chi connectivity index (χ0) is 14.6. The van der Waals surface area contributed by atoms with Crippen LogP contribution in [0.1, 0.15) is 26.2 Å². The molecule has 3 atom stereocenters. The van der Waals surface area contributed by atoms with Crippen LogP contribution in [0.2, 0.25) is 0 Å². The molecule has 6 heteroatoms. The Morgan fingerprint density at radius 2 is 2.15 bits per heavy atom. The van der Waals surface area contributed by atoms with Crippen molar-refractivity contribution in [3.05, 3.63) is 0 Å². The maximum Gasteiger partial charge on any atom is 0.151 e. The van der Waals surface area contributed by atoms with Gasteiger partial charge in [-0.05, 0) is 32.9 Å². The molecule has 5 nitrogen and oxygen atoms in total. The lowest BCUT2D eigenvalue weighted by molar-refractivity contribution is 0.0159. The number of hydrogen-bond donors (Lipinski definition) is 1. The van der Waals surface area contributed by atoms with Gasteiger partial charge in [0.25, 0.3) is 0 Å². The van der Waals surface area contributed by atoms with Gasteiger partial charge in [0, 0.05) is 31.2 Å². The van der Waals surface area contributed by atoms with Gasteiger partial charge < -0.3 is 15.0 Å². The number of ether oxygens (including phenoxy) is 1. The zero-order valence-electron chi connectivity index (χ0n) is 12.7. The average molecular weight is 304 g/mol. The van der Waals surface area contributed by atoms with Crippen LogP contribution in [0.15, 0.2) is 0 Å². The van der Waals surface area contributed by atoms with Crippen molar-refractivity contribution in [3.8, 4) is 0 Å². The highest BCUT2D eigenvalue weighted by Crippen LogP contribution is 2.21. The largest absolute Gasteiger partial charge is 0.381 e. The lowest BCUT2D eigenvalue weighted by Gasteiger charge is -2.36. The van der Waals surface area contributed by atoms with Crippen molar-refractivity contribution in [1.29, 1.82) is 0 Å². The first-order valence-electron chi connectivity index (χ1n) is 7.73. The van der Waals surface area contributed by atoms with E-state index in [0.717, 1.165) is 45.6 Å². The summed E-state index contributed by atoms with van der Waals surface area (Å²) in [5.41, 5.74) is 0. The van der Waals surface area contributed by atoms with Crippen molar-refractivity contribution in [2.75, 3.05) is 44.9 Å². The summed E-state index contributed by atoms with van der Waals surface area (Å²) in [6, 6.07) is 0.693. The van der Waals surface area contributed by atoms with Crippen LogP contribution in [0.5, 0.6) is 0 Å². The van der Waals surface area contributed by atoms with Gasteiger partial charge in [-0.2, -0.15) is 0 Å². The second-order valence-corrected chi connectivity index (χ2v) is 8.41. The van der Waals surface area contributed by atoms with E-state index in [4.69, 9.17) is 4.74 Å². The highest BCUT2D eigenvalue weighted by molar-refractivity contribution is 7.91. The third kappa shape index (κ3) is 4.41. The van der Waals surface area contributed by atoms with Crippen LogP contribution in [0, 0.1) is 5.92 Å². The molecule has 0 amide bonds.